The maximum atomic E-state index is 14.0. The number of carboxylic acid groups (broad SMARTS) is 1. The predicted octanol–water partition coefficient (Wildman–Crippen LogP) is -0.483. The number of nitrogens with zero attached hydrogens (tertiary/aromatic N) is 3. The van der Waals surface area contributed by atoms with Crippen molar-refractivity contribution in [1.29, 1.82) is 0 Å². The molecule has 3 rings (SSSR count). The van der Waals surface area contributed by atoms with Crippen molar-refractivity contribution < 1.29 is 38.2 Å². The zero-order valence-electron chi connectivity index (χ0n) is 16.1. The number of β-lactam (4-membered cyclic amide) rings is 1. The summed E-state index contributed by atoms with van der Waals surface area (Å²) in [6, 6.07) is -1.09. The number of hydrogen-bond donors (Lipinski definition) is 3. The minimum absolute atomic E-state index is 0.130. The van der Waals surface area contributed by atoms with Crippen molar-refractivity contribution in [3.05, 3.63) is 22.1 Å². The molecule has 1 fully saturated rings. The predicted molar refractivity (Wildman–Crippen MR) is 106 cm³/mol. The number of ether oxygens (including phenoxy) is 1. The van der Waals surface area contributed by atoms with Gasteiger partial charge in [0.25, 0.3) is 11.8 Å². The molecule has 31 heavy (non-hydrogen) atoms. The zero-order valence-corrected chi connectivity index (χ0v) is 17.7. The number of thioether (sulfide) groups is 1. The molecule has 2 atom stereocenters. The average molecular weight is 473 g/mol. The number of nitrogens with one attached hydrogen (secondary N) is 1. The molecule has 1 aromatic heterocycles. The normalized spacial score (nSPS) is 20.7. The third kappa shape index (κ3) is 4.32. The van der Waals surface area contributed by atoms with Gasteiger partial charge < -0.3 is 25.7 Å². The standard InChI is InChI=1S/C16H16FN5O7S2/c1-5(23)29-3-6-4-30-14-9(13(25)22(14)10(6)15(26)27)19-12(24)8(21-28-2)7-11(17)31-16(18)20-7/h9,14H,3-4H2,1-2H3,(H2,18,20)(H,19,24)(H,26,27)/b21-8+/t9-,14-/m1/s1. The number of fused-ring (bicyclic) bond motifs is 1. The Hall–Kier alpha value is -3.20. The maximum absolute atomic E-state index is 14.0. The molecule has 2 aliphatic heterocycles. The van der Waals surface area contributed by atoms with Crippen molar-refractivity contribution in [1.82, 2.24) is 15.2 Å². The summed E-state index contributed by atoms with van der Waals surface area (Å²) in [6.45, 7) is 0.907. The molecule has 0 spiro atoms. The lowest BCUT2D eigenvalue weighted by atomic mass is 10.0. The minimum Gasteiger partial charge on any atom is -0.477 e. The van der Waals surface area contributed by atoms with Gasteiger partial charge in [-0.3, -0.25) is 19.3 Å². The molecular formula is C16H16FN5O7S2. The number of nitrogen functional groups attached to an aromatic ring is 1. The van der Waals surface area contributed by atoms with Crippen LogP contribution in [0.1, 0.15) is 12.6 Å². The summed E-state index contributed by atoms with van der Waals surface area (Å²) in [5.74, 6) is -3.45. The van der Waals surface area contributed by atoms with Gasteiger partial charge >= 0.3 is 11.9 Å². The number of carbonyl (C=O) groups excluding carboxylic acids is 3. The summed E-state index contributed by atoms with van der Waals surface area (Å²) in [7, 11) is 1.14. The molecule has 12 nitrogen and oxygen atoms in total. The number of oxime groups is 1. The molecule has 166 valence electrons. The number of esters is 1. The lowest BCUT2D eigenvalue weighted by Gasteiger charge is -2.49. The molecule has 0 unspecified atom stereocenters. The Kier molecular flexibility index (Phi) is 6.45. The summed E-state index contributed by atoms with van der Waals surface area (Å²) in [5, 5.41) is 13.7. The van der Waals surface area contributed by atoms with E-state index in [4.69, 9.17) is 10.5 Å². The third-order valence-corrected chi connectivity index (χ3v) is 6.22. The average Bonchev–Trinajstić information content (AvgIpc) is 3.04. The molecule has 4 N–H and O–H groups in total. The highest BCUT2D eigenvalue weighted by molar-refractivity contribution is 8.00. The number of halogens is 1. The molecule has 1 saturated heterocycles. The second kappa shape index (κ2) is 8.89. The van der Waals surface area contributed by atoms with Gasteiger partial charge in [-0.2, -0.15) is 4.39 Å². The van der Waals surface area contributed by atoms with Gasteiger partial charge in [0.05, 0.1) is 0 Å². The number of hydrogen-bond acceptors (Lipinski definition) is 11. The van der Waals surface area contributed by atoms with Gasteiger partial charge in [0.1, 0.15) is 36.5 Å². The second-order valence-corrected chi connectivity index (χ2v) is 8.28. The lowest BCUT2D eigenvalue weighted by molar-refractivity contribution is -0.150. The minimum atomic E-state index is -1.37. The van der Waals surface area contributed by atoms with Crippen LogP contribution in [0.5, 0.6) is 0 Å². The Bertz CT molecular complexity index is 1020. The monoisotopic (exact) mass is 473 g/mol. The Morgan fingerprint density at radius 3 is 2.71 bits per heavy atom. The highest BCUT2D eigenvalue weighted by Gasteiger charge is 2.54. The first-order chi connectivity index (χ1) is 14.6. The van der Waals surface area contributed by atoms with Crippen LogP contribution in [0.4, 0.5) is 9.52 Å². The zero-order chi connectivity index (χ0) is 22.9. The first-order valence-corrected chi connectivity index (χ1v) is 10.4. The number of aromatic nitrogens is 1. The fraction of sp³-hybridized carbons (Fsp3) is 0.375. The number of rotatable bonds is 7. The molecule has 0 aromatic carbocycles. The van der Waals surface area contributed by atoms with Crippen LogP contribution >= 0.6 is 23.1 Å². The van der Waals surface area contributed by atoms with E-state index < -0.39 is 51.7 Å². The van der Waals surface area contributed by atoms with E-state index in [0.717, 1.165) is 12.0 Å². The summed E-state index contributed by atoms with van der Waals surface area (Å²) in [6.07, 6.45) is 0. The van der Waals surface area contributed by atoms with E-state index in [2.05, 4.69) is 20.3 Å². The first-order valence-electron chi connectivity index (χ1n) is 8.53. The molecule has 0 bridgehead atoms. The van der Waals surface area contributed by atoms with E-state index in [1.165, 1.54) is 18.7 Å². The number of thiazole rings is 1. The second-order valence-electron chi connectivity index (χ2n) is 6.20. The van der Waals surface area contributed by atoms with Crippen molar-refractivity contribution in [2.45, 2.75) is 18.3 Å². The third-order valence-electron chi connectivity index (χ3n) is 4.21. The van der Waals surface area contributed by atoms with Gasteiger partial charge in [0.2, 0.25) is 5.13 Å². The molecular weight excluding hydrogens is 457 g/mol. The van der Waals surface area contributed by atoms with Crippen molar-refractivity contribution in [3.63, 3.8) is 0 Å². The van der Waals surface area contributed by atoms with Crippen LogP contribution in [0.3, 0.4) is 0 Å². The molecule has 0 aliphatic carbocycles. The van der Waals surface area contributed by atoms with Gasteiger partial charge in [-0.25, -0.2) is 9.78 Å². The Morgan fingerprint density at radius 1 is 1.45 bits per heavy atom. The summed E-state index contributed by atoms with van der Waals surface area (Å²) >= 11 is 1.68. The molecule has 3 heterocycles. The van der Waals surface area contributed by atoms with Gasteiger partial charge in [0, 0.05) is 18.2 Å². The smallest absolute Gasteiger partial charge is 0.352 e. The van der Waals surface area contributed by atoms with E-state index in [1.807, 2.05) is 0 Å². The number of nitrogens with two attached hydrogens (primary N) is 1. The first kappa shape index (κ1) is 22.5. The van der Waals surface area contributed by atoms with E-state index in [0.29, 0.717) is 11.3 Å². The topological polar surface area (TPSA) is 174 Å². The SMILES string of the molecule is CO/N=C(/C(=O)N[C@@H]1C(=O)N2C(C(=O)O)=C(COC(C)=O)CS[C@H]12)c1nc(N)sc1F. The summed E-state index contributed by atoms with van der Waals surface area (Å²) in [5.41, 5.74) is 4.44. The van der Waals surface area contributed by atoms with Gasteiger partial charge in [-0.05, 0) is 0 Å². The van der Waals surface area contributed by atoms with Gasteiger partial charge in [-0.1, -0.05) is 16.5 Å². The fourth-order valence-corrected chi connectivity index (χ4v) is 4.83. The number of carboxylic acids is 1. The number of amides is 2. The largest absolute Gasteiger partial charge is 0.477 e. The molecule has 1 aromatic rings. The van der Waals surface area contributed by atoms with Crippen LogP contribution in [-0.2, 0) is 28.8 Å². The highest BCUT2D eigenvalue weighted by Crippen LogP contribution is 2.40. The molecule has 0 saturated carbocycles. The van der Waals surface area contributed by atoms with E-state index in [1.54, 1.807) is 0 Å². The fourth-order valence-electron chi connectivity index (χ4n) is 2.94. The van der Waals surface area contributed by atoms with Crippen LogP contribution in [-0.4, -0.2) is 75.3 Å². The molecule has 2 amide bonds. The maximum Gasteiger partial charge on any atom is 0.352 e. The Balaban J connectivity index is 1.79. The molecule has 2 aliphatic rings. The van der Waals surface area contributed by atoms with Crippen molar-refractivity contribution in [3.8, 4) is 0 Å². The number of anilines is 1. The summed E-state index contributed by atoms with van der Waals surface area (Å²) in [4.78, 5) is 57.3. The van der Waals surface area contributed by atoms with E-state index in [9.17, 15) is 28.7 Å². The lowest BCUT2D eigenvalue weighted by Crippen LogP contribution is -2.71. The van der Waals surface area contributed by atoms with Crippen LogP contribution in [0.25, 0.3) is 0 Å². The summed E-state index contributed by atoms with van der Waals surface area (Å²) < 4.78 is 18.9. The van der Waals surface area contributed by atoms with Crippen LogP contribution < -0.4 is 11.1 Å². The van der Waals surface area contributed by atoms with E-state index >= 15 is 0 Å². The highest BCUT2D eigenvalue weighted by atomic mass is 32.2. The van der Waals surface area contributed by atoms with Crippen LogP contribution in [0, 0.1) is 5.13 Å². The van der Waals surface area contributed by atoms with Crippen LogP contribution in [0.2, 0.25) is 0 Å². The number of aliphatic carboxylic acids is 1. The number of carbonyl (C=O) groups is 4. The molecule has 15 heteroatoms. The van der Waals surface area contributed by atoms with Gasteiger partial charge in [0.15, 0.2) is 10.8 Å². The Morgan fingerprint density at radius 2 is 2.16 bits per heavy atom. The Labute approximate surface area is 182 Å². The quantitative estimate of drug-likeness (QED) is 0.203. The van der Waals surface area contributed by atoms with Crippen molar-refractivity contribution in [2.75, 3.05) is 25.2 Å². The molecule has 0 radical (unpaired) electrons. The van der Waals surface area contributed by atoms with Crippen LogP contribution in [0.15, 0.2) is 16.4 Å². The van der Waals surface area contributed by atoms with Crippen molar-refractivity contribution in [2.24, 2.45) is 5.16 Å². The van der Waals surface area contributed by atoms with Crippen molar-refractivity contribution >= 4 is 57.7 Å². The van der Waals surface area contributed by atoms with E-state index in [-0.39, 0.29) is 28.8 Å². The van der Waals surface area contributed by atoms with Gasteiger partial charge in [-0.15, -0.1) is 11.8 Å².